The number of benzene rings is 1. The molecule has 1 aliphatic rings. The molecule has 6 nitrogen and oxygen atoms in total. The van der Waals surface area contributed by atoms with Crippen LogP contribution in [0.15, 0.2) is 36.7 Å². The number of aryl methyl sites for hydroxylation is 2. The van der Waals surface area contributed by atoms with Gasteiger partial charge in [-0.15, -0.1) is 10.2 Å². The van der Waals surface area contributed by atoms with Crippen molar-refractivity contribution < 1.29 is 9.53 Å². The summed E-state index contributed by atoms with van der Waals surface area (Å²) in [5.74, 6) is 0.517. The van der Waals surface area contributed by atoms with Crippen LogP contribution in [-0.4, -0.2) is 39.9 Å². The number of nitrogens with one attached hydrogen (secondary N) is 1. The van der Waals surface area contributed by atoms with Crippen molar-refractivity contribution in [1.29, 1.82) is 0 Å². The van der Waals surface area contributed by atoms with Gasteiger partial charge in [0.15, 0.2) is 0 Å². The van der Waals surface area contributed by atoms with Crippen LogP contribution < -0.4 is 5.32 Å². The Labute approximate surface area is 155 Å². The van der Waals surface area contributed by atoms with Gasteiger partial charge in [-0.2, -0.15) is 0 Å². The first kappa shape index (κ1) is 18.6. The SMILES string of the molecule is CCCC(C(=O)NCC1CCCO1)c1nncn1CCc1ccccc1. The summed E-state index contributed by atoms with van der Waals surface area (Å²) >= 11 is 0. The van der Waals surface area contributed by atoms with Crippen molar-refractivity contribution in [3.8, 4) is 0 Å². The Kier molecular flexibility index (Phi) is 6.77. The second-order valence-electron chi connectivity index (χ2n) is 6.84. The molecule has 1 aromatic carbocycles. The first-order valence-electron chi connectivity index (χ1n) is 9.59. The normalized spacial score (nSPS) is 18.0. The summed E-state index contributed by atoms with van der Waals surface area (Å²) in [6.45, 7) is 4.24. The van der Waals surface area contributed by atoms with E-state index >= 15 is 0 Å². The quantitative estimate of drug-likeness (QED) is 0.750. The molecule has 2 aromatic rings. The number of carbonyl (C=O) groups is 1. The van der Waals surface area contributed by atoms with Gasteiger partial charge >= 0.3 is 0 Å². The van der Waals surface area contributed by atoms with E-state index in [0.29, 0.717) is 6.54 Å². The van der Waals surface area contributed by atoms with Crippen molar-refractivity contribution in [2.24, 2.45) is 0 Å². The van der Waals surface area contributed by atoms with Gasteiger partial charge in [0, 0.05) is 19.7 Å². The fourth-order valence-electron chi connectivity index (χ4n) is 3.41. The summed E-state index contributed by atoms with van der Waals surface area (Å²) in [5.41, 5.74) is 1.27. The van der Waals surface area contributed by atoms with E-state index in [2.05, 4.69) is 34.6 Å². The third kappa shape index (κ3) is 4.91. The lowest BCUT2D eigenvalue weighted by atomic mass is 10.0. The minimum absolute atomic E-state index is 0.0244. The lowest BCUT2D eigenvalue weighted by Gasteiger charge is -2.18. The minimum atomic E-state index is -0.264. The van der Waals surface area contributed by atoms with Gasteiger partial charge in [-0.25, -0.2) is 0 Å². The first-order chi connectivity index (χ1) is 12.8. The Morgan fingerprint density at radius 2 is 2.23 bits per heavy atom. The highest BCUT2D eigenvalue weighted by Crippen LogP contribution is 2.20. The van der Waals surface area contributed by atoms with Crippen LogP contribution in [0, 0.1) is 0 Å². The molecule has 2 atom stereocenters. The van der Waals surface area contributed by atoms with Gasteiger partial charge < -0.3 is 14.6 Å². The minimum Gasteiger partial charge on any atom is -0.376 e. The number of rotatable bonds is 9. The zero-order valence-electron chi connectivity index (χ0n) is 15.4. The molecule has 3 rings (SSSR count). The van der Waals surface area contributed by atoms with E-state index in [1.54, 1.807) is 6.33 Å². The van der Waals surface area contributed by atoms with Crippen LogP contribution in [0.5, 0.6) is 0 Å². The summed E-state index contributed by atoms with van der Waals surface area (Å²) in [7, 11) is 0. The summed E-state index contributed by atoms with van der Waals surface area (Å²) in [5, 5.41) is 11.4. The lowest BCUT2D eigenvalue weighted by molar-refractivity contribution is -0.123. The first-order valence-corrected chi connectivity index (χ1v) is 9.59. The number of ether oxygens (including phenoxy) is 1. The van der Waals surface area contributed by atoms with E-state index in [1.807, 2.05) is 22.8 Å². The Balaban J connectivity index is 1.63. The van der Waals surface area contributed by atoms with Crippen molar-refractivity contribution in [3.05, 3.63) is 48.0 Å². The van der Waals surface area contributed by atoms with E-state index in [4.69, 9.17) is 4.74 Å². The molecule has 0 saturated carbocycles. The molecule has 0 radical (unpaired) electrons. The van der Waals surface area contributed by atoms with Gasteiger partial charge in [0.2, 0.25) is 5.91 Å². The number of nitrogens with zero attached hydrogens (tertiary/aromatic N) is 3. The highest BCUT2D eigenvalue weighted by atomic mass is 16.5. The van der Waals surface area contributed by atoms with E-state index in [0.717, 1.165) is 51.1 Å². The molecular weight excluding hydrogens is 328 g/mol. The number of aromatic nitrogens is 3. The maximum atomic E-state index is 12.8. The predicted molar refractivity (Wildman–Crippen MR) is 99.8 cm³/mol. The zero-order chi connectivity index (χ0) is 18.2. The Hall–Kier alpha value is -2.21. The number of amides is 1. The molecule has 140 valence electrons. The number of carbonyl (C=O) groups excluding carboxylic acids is 1. The second-order valence-corrected chi connectivity index (χ2v) is 6.84. The molecule has 1 amide bonds. The van der Waals surface area contributed by atoms with Crippen LogP contribution in [0.25, 0.3) is 0 Å². The Morgan fingerprint density at radius 3 is 2.96 bits per heavy atom. The fourth-order valence-corrected chi connectivity index (χ4v) is 3.41. The van der Waals surface area contributed by atoms with Crippen molar-refractivity contribution in [1.82, 2.24) is 20.1 Å². The van der Waals surface area contributed by atoms with Gasteiger partial charge in [-0.05, 0) is 31.2 Å². The Bertz CT molecular complexity index is 680. The monoisotopic (exact) mass is 356 g/mol. The molecule has 6 heteroatoms. The van der Waals surface area contributed by atoms with Crippen LogP contribution in [0.2, 0.25) is 0 Å². The van der Waals surface area contributed by atoms with E-state index in [9.17, 15) is 4.79 Å². The van der Waals surface area contributed by atoms with Crippen LogP contribution >= 0.6 is 0 Å². The summed E-state index contributed by atoms with van der Waals surface area (Å²) in [6, 6.07) is 10.3. The standard InChI is InChI=1S/C20H28N4O2/c1-2-7-18(20(25)21-14-17-10-6-13-26-17)19-23-22-15-24(19)12-11-16-8-4-3-5-9-16/h3-5,8-9,15,17-18H,2,6-7,10-14H2,1H3,(H,21,25). The van der Waals surface area contributed by atoms with Crippen LogP contribution in [-0.2, 0) is 22.5 Å². The molecular formula is C20H28N4O2. The predicted octanol–water partition coefficient (Wildman–Crippen LogP) is 2.70. The summed E-state index contributed by atoms with van der Waals surface area (Å²) < 4.78 is 7.61. The van der Waals surface area contributed by atoms with E-state index in [-0.39, 0.29) is 17.9 Å². The average Bonchev–Trinajstić information content (AvgIpc) is 3.35. The Morgan fingerprint density at radius 1 is 1.38 bits per heavy atom. The molecule has 2 unspecified atom stereocenters. The molecule has 1 aromatic heterocycles. The van der Waals surface area contributed by atoms with E-state index < -0.39 is 0 Å². The number of hydrogen-bond donors (Lipinski definition) is 1. The van der Waals surface area contributed by atoms with Gasteiger partial charge in [0.25, 0.3) is 0 Å². The molecule has 1 N–H and O–H groups in total. The van der Waals surface area contributed by atoms with Gasteiger partial charge in [0.05, 0.1) is 12.0 Å². The zero-order valence-corrected chi connectivity index (χ0v) is 15.4. The second kappa shape index (κ2) is 9.48. The van der Waals surface area contributed by atoms with Gasteiger partial charge in [-0.3, -0.25) is 4.79 Å². The van der Waals surface area contributed by atoms with Crippen molar-refractivity contribution >= 4 is 5.91 Å². The van der Waals surface area contributed by atoms with Gasteiger partial charge in [0.1, 0.15) is 12.2 Å². The highest BCUT2D eigenvalue weighted by Gasteiger charge is 2.26. The average molecular weight is 356 g/mol. The molecule has 1 aliphatic heterocycles. The smallest absolute Gasteiger partial charge is 0.230 e. The fraction of sp³-hybridized carbons (Fsp3) is 0.550. The topological polar surface area (TPSA) is 69.0 Å². The molecule has 26 heavy (non-hydrogen) atoms. The molecule has 0 aliphatic carbocycles. The highest BCUT2D eigenvalue weighted by molar-refractivity contribution is 5.82. The molecule has 1 fully saturated rings. The third-order valence-electron chi connectivity index (χ3n) is 4.86. The van der Waals surface area contributed by atoms with E-state index in [1.165, 1.54) is 5.56 Å². The molecule has 2 heterocycles. The maximum absolute atomic E-state index is 12.8. The summed E-state index contributed by atoms with van der Waals surface area (Å²) in [6.07, 6.45) is 6.55. The summed E-state index contributed by atoms with van der Waals surface area (Å²) in [4.78, 5) is 12.8. The van der Waals surface area contributed by atoms with Crippen molar-refractivity contribution in [3.63, 3.8) is 0 Å². The van der Waals surface area contributed by atoms with Crippen molar-refractivity contribution in [2.75, 3.05) is 13.2 Å². The van der Waals surface area contributed by atoms with Crippen LogP contribution in [0.4, 0.5) is 0 Å². The molecule has 1 saturated heterocycles. The maximum Gasteiger partial charge on any atom is 0.230 e. The van der Waals surface area contributed by atoms with Gasteiger partial charge in [-0.1, -0.05) is 43.7 Å². The van der Waals surface area contributed by atoms with Crippen LogP contribution in [0.3, 0.4) is 0 Å². The molecule has 0 bridgehead atoms. The molecule has 0 spiro atoms. The lowest BCUT2D eigenvalue weighted by Crippen LogP contribution is -2.36. The number of hydrogen-bond acceptors (Lipinski definition) is 4. The largest absolute Gasteiger partial charge is 0.376 e. The van der Waals surface area contributed by atoms with Crippen molar-refractivity contribution in [2.45, 2.75) is 57.6 Å². The third-order valence-corrected chi connectivity index (χ3v) is 4.86. The van der Waals surface area contributed by atoms with Crippen LogP contribution in [0.1, 0.15) is 49.9 Å².